The fraction of sp³-hybridized carbons (Fsp3) is 0.353. The largest absolute Gasteiger partial charge is 0.350 e. The van der Waals surface area contributed by atoms with Crippen LogP contribution in [0, 0.1) is 0 Å². The maximum atomic E-state index is 12.4. The van der Waals surface area contributed by atoms with Crippen molar-refractivity contribution in [3.8, 4) is 0 Å². The minimum atomic E-state index is -0.0144. The molecule has 23 heavy (non-hydrogen) atoms. The highest BCUT2D eigenvalue weighted by Crippen LogP contribution is 2.22. The van der Waals surface area contributed by atoms with Gasteiger partial charge in [-0.15, -0.1) is 0 Å². The first-order chi connectivity index (χ1) is 11.0. The zero-order valence-corrected chi connectivity index (χ0v) is 14.5. The van der Waals surface area contributed by atoms with Crippen molar-refractivity contribution >= 4 is 34.8 Å². The Balaban J connectivity index is 1.66. The van der Waals surface area contributed by atoms with E-state index in [0.717, 1.165) is 19.4 Å². The molecule has 2 atom stereocenters. The molecule has 1 aliphatic heterocycles. The van der Waals surface area contributed by atoms with Crippen LogP contribution in [0.2, 0.25) is 10.0 Å². The highest BCUT2D eigenvalue weighted by molar-refractivity contribution is 6.35. The average molecular weight is 353 g/mol. The van der Waals surface area contributed by atoms with E-state index in [2.05, 4.69) is 35.3 Å². The van der Waals surface area contributed by atoms with Crippen LogP contribution in [0.4, 0.5) is 5.69 Å². The van der Waals surface area contributed by atoms with E-state index in [1.54, 1.807) is 18.2 Å². The number of rotatable bonds is 4. The lowest BCUT2D eigenvalue weighted by molar-refractivity contribution is -0.910. The summed E-state index contributed by atoms with van der Waals surface area (Å²) in [5, 5.41) is 3.93. The number of nitrogens with one attached hydrogen (secondary N) is 2. The first-order valence-electron chi connectivity index (χ1n) is 7.74. The number of halogens is 2. The van der Waals surface area contributed by atoms with E-state index in [4.69, 9.17) is 23.2 Å². The van der Waals surface area contributed by atoms with Gasteiger partial charge in [-0.05, 0) is 30.3 Å². The van der Waals surface area contributed by atoms with Crippen LogP contribution in [0.1, 0.15) is 24.6 Å². The van der Waals surface area contributed by atoms with Crippen LogP contribution >= 0.6 is 23.2 Å². The number of amides is 1. The van der Waals surface area contributed by atoms with Gasteiger partial charge >= 0.3 is 0 Å². The number of quaternary nitrogens is 1. The van der Waals surface area contributed by atoms with Gasteiger partial charge in [0.05, 0.1) is 12.2 Å². The predicted octanol–water partition coefficient (Wildman–Crippen LogP) is 2.69. The molecule has 1 aromatic heterocycles. The van der Waals surface area contributed by atoms with E-state index in [0.29, 0.717) is 28.3 Å². The molecule has 0 aliphatic carbocycles. The van der Waals surface area contributed by atoms with Crippen LogP contribution in [-0.4, -0.2) is 23.6 Å². The molecule has 2 heterocycles. The molecule has 0 spiro atoms. The van der Waals surface area contributed by atoms with Crippen LogP contribution in [0.3, 0.4) is 0 Å². The molecule has 1 fully saturated rings. The van der Waals surface area contributed by atoms with Gasteiger partial charge in [0.15, 0.2) is 6.54 Å². The van der Waals surface area contributed by atoms with E-state index in [1.165, 1.54) is 10.6 Å². The number of benzene rings is 1. The van der Waals surface area contributed by atoms with E-state index in [-0.39, 0.29) is 5.91 Å². The zero-order valence-electron chi connectivity index (χ0n) is 13.0. The summed E-state index contributed by atoms with van der Waals surface area (Å²) >= 11 is 11.9. The first-order valence-corrected chi connectivity index (χ1v) is 8.50. The number of hydrogen-bond acceptors (Lipinski definition) is 1. The van der Waals surface area contributed by atoms with E-state index < -0.39 is 0 Å². The van der Waals surface area contributed by atoms with Crippen LogP contribution in [0.25, 0.3) is 0 Å². The Hall–Kier alpha value is -1.49. The zero-order chi connectivity index (χ0) is 16.4. The molecule has 0 saturated carbocycles. The minimum absolute atomic E-state index is 0.0144. The quantitative estimate of drug-likeness (QED) is 0.872. The number of carbonyl (C=O) groups is 1. The molecule has 1 amide bonds. The van der Waals surface area contributed by atoms with Gasteiger partial charge < -0.3 is 14.8 Å². The molecule has 1 saturated heterocycles. The monoisotopic (exact) mass is 352 g/mol. The number of aromatic nitrogens is 1. The first kappa shape index (κ1) is 16.4. The summed E-state index contributed by atoms with van der Waals surface area (Å²) in [6, 6.07) is 9.64. The highest BCUT2D eigenvalue weighted by Gasteiger charge is 2.32. The molecular weight excluding hydrogens is 333 g/mol. The second-order valence-corrected chi connectivity index (χ2v) is 6.90. The normalized spacial score (nSPS) is 20.7. The number of aryl methyl sites for hydroxylation is 1. The van der Waals surface area contributed by atoms with Crippen LogP contribution < -0.4 is 10.2 Å². The number of hydrogen-bond donors (Lipinski definition) is 2. The SMILES string of the molecule is Cn1cccc1[C@@H]1CCC[NH+]1CC(=O)Nc1cc(Cl)cc(Cl)c1. The lowest BCUT2D eigenvalue weighted by Crippen LogP contribution is -3.11. The van der Waals surface area contributed by atoms with Gasteiger partial charge in [-0.25, -0.2) is 0 Å². The number of nitrogens with zero attached hydrogens (tertiary/aromatic N) is 1. The average Bonchev–Trinajstić information content (AvgIpc) is 3.06. The van der Waals surface area contributed by atoms with Gasteiger partial charge in [0.25, 0.3) is 5.91 Å². The summed E-state index contributed by atoms with van der Waals surface area (Å²) < 4.78 is 2.14. The summed E-state index contributed by atoms with van der Waals surface area (Å²) in [6.45, 7) is 1.46. The summed E-state index contributed by atoms with van der Waals surface area (Å²) in [6.07, 6.45) is 4.31. The maximum Gasteiger partial charge on any atom is 0.279 e. The Morgan fingerprint density at radius 3 is 2.74 bits per heavy atom. The molecule has 6 heteroatoms. The fourth-order valence-electron chi connectivity index (χ4n) is 3.35. The molecule has 122 valence electrons. The van der Waals surface area contributed by atoms with Crippen molar-refractivity contribution in [3.63, 3.8) is 0 Å². The van der Waals surface area contributed by atoms with Gasteiger partial charge in [-0.2, -0.15) is 0 Å². The Kier molecular flexibility index (Phi) is 4.95. The van der Waals surface area contributed by atoms with Crippen LogP contribution in [0.5, 0.6) is 0 Å². The Labute approximate surface area is 146 Å². The summed E-state index contributed by atoms with van der Waals surface area (Å²) in [5.74, 6) is -0.0144. The summed E-state index contributed by atoms with van der Waals surface area (Å²) in [5.41, 5.74) is 1.93. The maximum absolute atomic E-state index is 12.4. The van der Waals surface area contributed by atoms with Gasteiger partial charge in [-0.3, -0.25) is 4.79 Å². The smallest absolute Gasteiger partial charge is 0.279 e. The van der Waals surface area contributed by atoms with Crippen molar-refractivity contribution in [1.29, 1.82) is 0 Å². The van der Waals surface area contributed by atoms with Crippen LogP contribution in [0.15, 0.2) is 36.5 Å². The standard InChI is InChI=1S/C17H19Cl2N3O/c1-21-6-2-4-15(21)16-5-3-7-22(16)11-17(23)20-14-9-12(18)8-13(19)10-14/h2,4,6,8-10,16H,3,5,7,11H2,1H3,(H,20,23)/p+1/t16-/m0/s1. The lowest BCUT2D eigenvalue weighted by atomic mass is 10.1. The van der Waals surface area contributed by atoms with Gasteiger partial charge in [-0.1, -0.05) is 23.2 Å². The van der Waals surface area contributed by atoms with E-state index in [1.807, 2.05) is 0 Å². The van der Waals surface area contributed by atoms with Gasteiger partial charge in [0.2, 0.25) is 0 Å². The third-order valence-electron chi connectivity index (χ3n) is 4.36. The van der Waals surface area contributed by atoms with Gasteiger partial charge in [0, 0.05) is 41.8 Å². The van der Waals surface area contributed by atoms with Crippen molar-refractivity contribution in [2.24, 2.45) is 7.05 Å². The molecule has 4 nitrogen and oxygen atoms in total. The Morgan fingerprint density at radius 2 is 2.09 bits per heavy atom. The Bertz CT molecular complexity index is 693. The van der Waals surface area contributed by atoms with Crippen molar-refractivity contribution in [1.82, 2.24) is 4.57 Å². The van der Waals surface area contributed by atoms with Crippen molar-refractivity contribution < 1.29 is 9.69 Å². The minimum Gasteiger partial charge on any atom is -0.350 e. The topological polar surface area (TPSA) is 38.5 Å². The van der Waals surface area contributed by atoms with Crippen LogP contribution in [-0.2, 0) is 11.8 Å². The predicted molar refractivity (Wildman–Crippen MR) is 93.2 cm³/mol. The third-order valence-corrected chi connectivity index (χ3v) is 4.79. The van der Waals surface area contributed by atoms with Crippen molar-refractivity contribution in [2.75, 3.05) is 18.4 Å². The number of anilines is 1. The molecule has 1 unspecified atom stereocenters. The Morgan fingerprint density at radius 1 is 1.35 bits per heavy atom. The molecular formula is C17H20Cl2N3O+. The van der Waals surface area contributed by atoms with Crippen molar-refractivity contribution in [2.45, 2.75) is 18.9 Å². The van der Waals surface area contributed by atoms with Crippen molar-refractivity contribution in [3.05, 3.63) is 52.3 Å². The molecule has 2 N–H and O–H groups in total. The summed E-state index contributed by atoms with van der Waals surface area (Å²) in [4.78, 5) is 13.7. The second kappa shape index (κ2) is 6.95. The molecule has 2 aromatic rings. The summed E-state index contributed by atoms with van der Waals surface area (Å²) in [7, 11) is 2.05. The fourth-order valence-corrected chi connectivity index (χ4v) is 3.88. The molecule has 0 bridgehead atoms. The second-order valence-electron chi connectivity index (χ2n) is 6.03. The lowest BCUT2D eigenvalue weighted by Gasteiger charge is -2.21. The molecule has 0 radical (unpaired) electrons. The van der Waals surface area contributed by atoms with E-state index >= 15 is 0 Å². The molecule has 1 aromatic carbocycles. The number of carbonyl (C=O) groups excluding carboxylic acids is 1. The molecule has 1 aliphatic rings. The molecule has 3 rings (SSSR count). The highest BCUT2D eigenvalue weighted by atomic mass is 35.5. The number of likely N-dealkylation sites (tertiary alicyclic amines) is 1. The van der Waals surface area contributed by atoms with E-state index in [9.17, 15) is 4.79 Å². The van der Waals surface area contributed by atoms with Gasteiger partial charge in [0.1, 0.15) is 6.04 Å². The third kappa shape index (κ3) is 3.89.